The first-order valence-electron chi connectivity index (χ1n) is 7.48. The SMILES string of the molecule is CCC1CCC(O)(CNC(=O)CNC(C)(C)C)CC1. The Balaban J connectivity index is 2.26. The van der Waals surface area contributed by atoms with Crippen LogP contribution < -0.4 is 10.6 Å². The molecule has 1 rings (SSSR count). The lowest BCUT2D eigenvalue weighted by Gasteiger charge is -2.36. The minimum atomic E-state index is -0.691. The number of hydrogen-bond acceptors (Lipinski definition) is 3. The van der Waals surface area contributed by atoms with Gasteiger partial charge >= 0.3 is 0 Å². The molecule has 1 saturated carbocycles. The quantitative estimate of drug-likeness (QED) is 0.714. The lowest BCUT2D eigenvalue weighted by Crippen LogP contribution is -2.49. The van der Waals surface area contributed by atoms with Gasteiger partial charge in [-0.25, -0.2) is 0 Å². The van der Waals surface area contributed by atoms with Gasteiger partial charge < -0.3 is 15.7 Å². The van der Waals surface area contributed by atoms with Gasteiger partial charge in [-0.3, -0.25) is 4.79 Å². The van der Waals surface area contributed by atoms with Crippen molar-refractivity contribution in [1.82, 2.24) is 10.6 Å². The van der Waals surface area contributed by atoms with Crippen LogP contribution in [-0.2, 0) is 4.79 Å². The van der Waals surface area contributed by atoms with E-state index < -0.39 is 5.60 Å². The average molecular weight is 270 g/mol. The van der Waals surface area contributed by atoms with Crippen molar-refractivity contribution in [2.24, 2.45) is 5.92 Å². The van der Waals surface area contributed by atoms with Gasteiger partial charge in [-0.05, 0) is 52.4 Å². The van der Waals surface area contributed by atoms with Crippen LogP contribution in [-0.4, -0.2) is 35.2 Å². The predicted octanol–water partition coefficient (Wildman–Crippen LogP) is 1.82. The van der Waals surface area contributed by atoms with E-state index in [1.54, 1.807) is 0 Å². The van der Waals surface area contributed by atoms with Crippen LogP contribution in [0.2, 0.25) is 0 Å². The van der Waals surface area contributed by atoms with E-state index >= 15 is 0 Å². The molecule has 0 spiro atoms. The van der Waals surface area contributed by atoms with Gasteiger partial charge in [0, 0.05) is 12.1 Å². The minimum Gasteiger partial charge on any atom is -0.388 e. The van der Waals surface area contributed by atoms with E-state index in [2.05, 4.69) is 17.6 Å². The van der Waals surface area contributed by atoms with Crippen LogP contribution in [0.25, 0.3) is 0 Å². The number of hydrogen-bond donors (Lipinski definition) is 3. The van der Waals surface area contributed by atoms with E-state index in [9.17, 15) is 9.90 Å². The molecule has 0 aromatic carbocycles. The lowest BCUT2D eigenvalue weighted by molar-refractivity contribution is -0.122. The molecule has 3 N–H and O–H groups in total. The summed E-state index contributed by atoms with van der Waals surface area (Å²) in [4.78, 5) is 11.7. The van der Waals surface area contributed by atoms with Gasteiger partial charge in [0.05, 0.1) is 12.1 Å². The molecule has 0 heterocycles. The predicted molar refractivity (Wildman–Crippen MR) is 78.0 cm³/mol. The molecular formula is C15H30N2O2. The van der Waals surface area contributed by atoms with Crippen molar-refractivity contribution >= 4 is 5.91 Å². The molecule has 1 aliphatic rings. The van der Waals surface area contributed by atoms with Crippen molar-refractivity contribution < 1.29 is 9.90 Å². The number of rotatable bonds is 5. The molecule has 0 bridgehead atoms. The Kier molecular flexibility index (Phi) is 5.81. The Morgan fingerprint density at radius 1 is 1.32 bits per heavy atom. The summed E-state index contributed by atoms with van der Waals surface area (Å²) in [6, 6.07) is 0. The summed E-state index contributed by atoms with van der Waals surface area (Å²) < 4.78 is 0. The maximum absolute atomic E-state index is 11.7. The molecule has 0 saturated heterocycles. The molecule has 0 unspecified atom stereocenters. The zero-order chi connectivity index (χ0) is 14.5. The Morgan fingerprint density at radius 3 is 2.37 bits per heavy atom. The number of nitrogens with one attached hydrogen (secondary N) is 2. The minimum absolute atomic E-state index is 0.0408. The summed E-state index contributed by atoms with van der Waals surface area (Å²) in [6.45, 7) is 8.97. The highest BCUT2D eigenvalue weighted by Gasteiger charge is 2.32. The first-order chi connectivity index (χ1) is 8.74. The molecule has 4 heteroatoms. The fourth-order valence-electron chi connectivity index (χ4n) is 2.47. The average Bonchev–Trinajstić information content (AvgIpc) is 2.34. The van der Waals surface area contributed by atoms with E-state index in [4.69, 9.17) is 0 Å². The normalized spacial score (nSPS) is 28.2. The Bertz CT molecular complexity index is 289. The summed E-state index contributed by atoms with van der Waals surface area (Å²) in [7, 11) is 0. The fraction of sp³-hybridized carbons (Fsp3) is 0.933. The Morgan fingerprint density at radius 2 is 1.89 bits per heavy atom. The lowest BCUT2D eigenvalue weighted by atomic mass is 9.78. The van der Waals surface area contributed by atoms with Gasteiger partial charge in [-0.1, -0.05) is 13.3 Å². The molecule has 0 radical (unpaired) electrons. The van der Waals surface area contributed by atoms with Crippen molar-refractivity contribution in [3.63, 3.8) is 0 Å². The summed E-state index contributed by atoms with van der Waals surface area (Å²) in [5.74, 6) is 0.708. The third-order valence-electron chi connectivity index (χ3n) is 4.01. The van der Waals surface area contributed by atoms with E-state index in [0.29, 0.717) is 13.1 Å². The van der Waals surface area contributed by atoms with Crippen molar-refractivity contribution in [2.45, 2.75) is 70.9 Å². The fourth-order valence-corrected chi connectivity index (χ4v) is 2.47. The zero-order valence-electron chi connectivity index (χ0n) is 12.9. The van der Waals surface area contributed by atoms with Crippen LogP contribution in [0.1, 0.15) is 59.8 Å². The number of carbonyl (C=O) groups excluding carboxylic acids is 1. The summed E-state index contributed by atoms with van der Waals surface area (Å²) in [5, 5.41) is 16.4. The highest BCUT2D eigenvalue weighted by Crippen LogP contribution is 2.33. The molecule has 4 nitrogen and oxygen atoms in total. The third kappa shape index (κ3) is 6.39. The monoisotopic (exact) mass is 270 g/mol. The smallest absolute Gasteiger partial charge is 0.234 e. The van der Waals surface area contributed by atoms with Gasteiger partial charge in [-0.2, -0.15) is 0 Å². The maximum Gasteiger partial charge on any atom is 0.234 e. The van der Waals surface area contributed by atoms with Crippen LogP contribution in [0.5, 0.6) is 0 Å². The molecule has 1 fully saturated rings. The molecule has 0 aromatic rings. The van der Waals surface area contributed by atoms with Crippen LogP contribution in [0.15, 0.2) is 0 Å². The van der Waals surface area contributed by atoms with Gasteiger partial charge in [0.1, 0.15) is 0 Å². The highest BCUT2D eigenvalue weighted by atomic mass is 16.3. The first kappa shape index (κ1) is 16.4. The second-order valence-electron chi connectivity index (χ2n) is 6.96. The van der Waals surface area contributed by atoms with Gasteiger partial charge in [-0.15, -0.1) is 0 Å². The van der Waals surface area contributed by atoms with Gasteiger partial charge in [0.15, 0.2) is 0 Å². The number of carbonyl (C=O) groups is 1. The second kappa shape index (κ2) is 6.71. The molecule has 0 aromatic heterocycles. The van der Waals surface area contributed by atoms with E-state index in [1.165, 1.54) is 6.42 Å². The molecular weight excluding hydrogens is 240 g/mol. The van der Waals surface area contributed by atoms with Crippen molar-refractivity contribution in [1.29, 1.82) is 0 Å². The molecule has 0 aliphatic heterocycles. The molecule has 19 heavy (non-hydrogen) atoms. The van der Waals surface area contributed by atoms with Crippen molar-refractivity contribution in [3.05, 3.63) is 0 Å². The van der Waals surface area contributed by atoms with E-state index in [-0.39, 0.29) is 11.4 Å². The van der Waals surface area contributed by atoms with Crippen molar-refractivity contribution in [3.8, 4) is 0 Å². The third-order valence-corrected chi connectivity index (χ3v) is 4.01. The van der Waals surface area contributed by atoms with Crippen LogP contribution in [0.4, 0.5) is 0 Å². The zero-order valence-corrected chi connectivity index (χ0v) is 12.9. The maximum atomic E-state index is 11.7. The standard InChI is InChI=1S/C15H30N2O2/c1-5-12-6-8-15(19,9-7-12)11-16-13(18)10-17-14(2,3)4/h12,17,19H,5-11H2,1-4H3,(H,16,18). The summed E-state index contributed by atoms with van der Waals surface area (Å²) >= 11 is 0. The van der Waals surface area contributed by atoms with Gasteiger partial charge in [0.2, 0.25) is 5.91 Å². The van der Waals surface area contributed by atoms with Crippen LogP contribution in [0, 0.1) is 5.92 Å². The molecule has 0 atom stereocenters. The van der Waals surface area contributed by atoms with Gasteiger partial charge in [0.25, 0.3) is 0 Å². The molecule has 1 amide bonds. The second-order valence-corrected chi connectivity index (χ2v) is 6.96. The number of aliphatic hydroxyl groups is 1. The van der Waals surface area contributed by atoms with Crippen molar-refractivity contribution in [2.75, 3.05) is 13.1 Å². The van der Waals surface area contributed by atoms with Crippen LogP contribution in [0.3, 0.4) is 0 Å². The number of amides is 1. The summed E-state index contributed by atoms with van der Waals surface area (Å²) in [6.07, 6.45) is 4.95. The first-order valence-corrected chi connectivity index (χ1v) is 7.48. The Labute approximate surface area is 117 Å². The summed E-state index contributed by atoms with van der Waals surface area (Å²) in [5.41, 5.74) is -0.753. The van der Waals surface area contributed by atoms with Crippen LogP contribution >= 0.6 is 0 Å². The van der Waals surface area contributed by atoms with E-state index in [0.717, 1.165) is 31.6 Å². The highest BCUT2D eigenvalue weighted by molar-refractivity contribution is 5.78. The molecule has 1 aliphatic carbocycles. The molecule has 112 valence electrons. The largest absolute Gasteiger partial charge is 0.388 e. The topological polar surface area (TPSA) is 61.4 Å². The van der Waals surface area contributed by atoms with E-state index in [1.807, 2.05) is 20.8 Å². The Hall–Kier alpha value is -0.610.